The number of nitrogens with one attached hydrogen (secondary N) is 1. The van der Waals surface area contributed by atoms with E-state index < -0.39 is 0 Å². The van der Waals surface area contributed by atoms with Crippen molar-refractivity contribution in [3.05, 3.63) is 18.2 Å². The molecule has 88 valence electrons. The minimum absolute atomic E-state index is 0.485. The minimum atomic E-state index is 0.485. The summed E-state index contributed by atoms with van der Waals surface area (Å²) in [6, 6.07) is 6.36. The summed E-state index contributed by atoms with van der Waals surface area (Å²) in [6.45, 7) is 5.38. The van der Waals surface area contributed by atoms with Crippen LogP contribution >= 0.6 is 0 Å². The molecular formula is C11H19N5. The summed E-state index contributed by atoms with van der Waals surface area (Å²) in [6.07, 6.45) is 0. The first kappa shape index (κ1) is 11.2. The molecule has 0 aromatic carbocycles. The first-order valence-electron chi connectivity index (χ1n) is 5.59. The SMILES string of the molecule is CC1CN(C)CCN1c1cccc(NN)n1. The molecule has 0 bridgehead atoms. The highest BCUT2D eigenvalue weighted by molar-refractivity contribution is 5.47. The molecule has 0 aliphatic carbocycles. The molecular weight excluding hydrogens is 202 g/mol. The van der Waals surface area contributed by atoms with Gasteiger partial charge in [0.2, 0.25) is 0 Å². The van der Waals surface area contributed by atoms with Gasteiger partial charge in [-0.05, 0) is 26.1 Å². The van der Waals surface area contributed by atoms with Gasteiger partial charge >= 0.3 is 0 Å². The van der Waals surface area contributed by atoms with Crippen molar-refractivity contribution in [1.82, 2.24) is 9.88 Å². The lowest BCUT2D eigenvalue weighted by molar-refractivity contribution is 0.274. The molecule has 5 nitrogen and oxygen atoms in total. The summed E-state index contributed by atoms with van der Waals surface area (Å²) >= 11 is 0. The zero-order chi connectivity index (χ0) is 11.5. The lowest BCUT2D eigenvalue weighted by Crippen LogP contribution is -2.50. The molecule has 1 aliphatic heterocycles. The van der Waals surface area contributed by atoms with Crippen molar-refractivity contribution in [2.24, 2.45) is 5.84 Å². The van der Waals surface area contributed by atoms with Crippen LogP contribution in [0, 0.1) is 0 Å². The molecule has 16 heavy (non-hydrogen) atoms. The molecule has 1 fully saturated rings. The Morgan fingerprint density at radius 2 is 2.25 bits per heavy atom. The fourth-order valence-electron chi connectivity index (χ4n) is 2.14. The third-order valence-corrected chi connectivity index (χ3v) is 3.01. The Morgan fingerprint density at radius 3 is 2.94 bits per heavy atom. The first-order valence-corrected chi connectivity index (χ1v) is 5.59. The van der Waals surface area contributed by atoms with E-state index in [4.69, 9.17) is 5.84 Å². The molecule has 5 heteroatoms. The van der Waals surface area contributed by atoms with Crippen LogP contribution in [-0.4, -0.2) is 42.6 Å². The topological polar surface area (TPSA) is 57.4 Å². The molecule has 1 aromatic rings. The first-order chi connectivity index (χ1) is 7.70. The summed E-state index contributed by atoms with van der Waals surface area (Å²) < 4.78 is 0. The number of rotatable bonds is 2. The average molecular weight is 221 g/mol. The Hall–Kier alpha value is -1.33. The van der Waals surface area contributed by atoms with Crippen molar-refractivity contribution in [3.63, 3.8) is 0 Å². The number of piperazine rings is 1. The number of nitrogens with two attached hydrogens (primary N) is 1. The maximum absolute atomic E-state index is 5.37. The fourth-order valence-corrected chi connectivity index (χ4v) is 2.14. The van der Waals surface area contributed by atoms with Gasteiger partial charge in [0.15, 0.2) is 0 Å². The van der Waals surface area contributed by atoms with Gasteiger partial charge in [0.25, 0.3) is 0 Å². The number of nitrogen functional groups attached to an aromatic ring is 1. The van der Waals surface area contributed by atoms with Crippen LogP contribution in [0.1, 0.15) is 6.92 Å². The molecule has 0 radical (unpaired) electrons. The van der Waals surface area contributed by atoms with E-state index in [0.717, 1.165) is 25.5 Å². The number of likely N-dealkylation sites (N-methyl/N-ethyl adjacent to an activating group) is 1. The highest BCUT2D eigenvalue weighted by Crippen LogP contribution is 2.19. The van der Waals surface area contributed by atoms with Crippen molar-refractivity contribution in [3.8, 4) is 0 Å². The van der Waals surface area contributed by atoms with E-state index in [2.05, 4.69) is 34.2 Å². The predicted molar refractivity (Wildman–Crippen MR) is 66.4 cm³/mol. The van der Waals surface area contributed by atoms with Gasteiger partial charge in [0.1, 0.15) is 11.6 Å². The number of pyridine rings is 1. The van der Waals surface area contributed by atoms with E-state index >= 15 is 0 Å². The van der Waals surface area contributed by atoms with Gasteiger partial charge in [-0.15, -0.1) is 0 Å². The van der Waals surface area contributed by atoms with Gasteiger partial charge < -0.3 is 15.2 Å². The van der Waals surface area contributed by atoms with Crippen molar-refractivity contribution in [2.45, 2.75) is 13.0 Å². The highest BCUT2D eigenvalue weighted by Gasteiger charge is 2.22. The third kappa shape index (κ3) is 2.25. The summed E-state index contributed by atoms with van der Waals surface area (Å²) in [5, 5.41) is 0. The lowest BCUT2D eigenvalue weighted by atomic mass is 10.2. The van der Waals surface area contributed by atoms with Crippen molar-refractivity contribution >= 4 is 11.6 Å². The van der Waals surface area contributed by atoms with Crippen molar-refractivity contribution in [2.75, 3.05) is 37.0 Å². The molecule has 1 aliphatic rings. The molecule has 3 N–H and O–H groups in total. The van der Waals surface area contributed by atoms with E-state index in [-0.39, 0.29) is 0 Å². The Bertz CT molecular complexity index is 354. The van der Waals surface area contributed by atoms with Gasteiger partial charge in [0, 0.05) is 25.7 Å². The second-order valence-corrected chi connectivity index (χ2v) is 4.33. The number of nitrogens with zero attached hydrogens (tertiary/aromatic N) is 3. The number of hydrogen-bond donors (Lipinski definition) is 2. The number of anilines is 2. The molecule has 1 aromatic heterocycles. The van der Waals surface area contributed by atoms with Gasteiger partial charge in [-0.25, -0.2) is 10.8 Å². The van der Waals surface area contributed by atoms with Crippen LogP contribution in [-0.2, 0) is 0 Å². The van der Waals surface area contributed by atoms with Crippen LogP contribution < -0.4 is 16.2 Å². The third-order valence-electron chi connectivity index (χ3n) is 3.01. The fraction of sp³-hybridized carbons (Fsp3) is 0.545. The maximum Gasteiger partial charge on any atom is 0.142 e. The molecule has 0 amide bonds. The summed E-state index contributed by atoms with van der Waals surface area (Å²) in [7, 11) is 2.15. The highest BCUT2D eigenvalue weighted by atomic mass is 15.3. The Kier molecular flexibility index (Phi) is 3.26. The molecule has 0 spiro atoms. The predicted octanol–water partition coefficient (Wildman–Crippen LogP) is 0.508. The van der Waals surface area contributed by atoms with E-state index in [9.17, 15) is 0 Å². The summed E-state index contributed by atoms with van der Waals surface area (Å²) in [4.78, 5) is 9.12. The Labute approximate surface area is 96.2 Å². The van der Waals surface area contributed by atoms with E-state index in [1.807, 2.05) is 18.2 Å². The maximum atomic E-state index is 5.37. The molecule has 0 saturated carbocycles. The van der Waals surface area contributed by atoms with E-state index in [1.165, 1.54) is 0 Å². The van der Waals surface area contributed by atoms with E-state index in [0.29, 0.717) is 11.9 Å². The van der Waals surface area contributed by atoms with Crippen LogP contribution in [0.25, 0.3) is 0 Å². The number of hydrazine groups is 1. The van der Waals surface area contributed by atoms with Gasteiger partial charge in [0.05, 0.1) is 0 Å². The zero-order valence-corrected chi connectivity index (χ0v) is 9.85. The van der Waals surface area contributed by atoms with Crippen molar-refractivity contribution in [1.29, 1.82) is 0 Å². The van der Waals surface area contributed by atoms with Crippen LogP contribution in [0.3, 0.4) is 0 Å². The smallest absolute Gasteiger partial charge is 0.142 e. The molecule has 2 rings (SSSR count). The van der Waals surface area contributed by atoms with Crippen molar-refractivity contribution < 1.29 is 0 Å². The standard InChI is InChI=1S/C11H19N5/c1-9-8-15(2)6-7-16(9)11-5-3-4-10(13-11)14-12/h3-5,9H,6-8,12H2,1-2H3,(H,13,14). The van der Waals surface area contributed by atoms with Gasteiger partial charge in [-0.3, -0.25) is 0 Å². The quantitative estimate of drug-likeness (QED) is 0.563. The monoisotopic (exact) mass is 221 g/mol. The summed E-state index contributed by atoms with van der Waals surface area (Å²) in [5.41, 5.74) is 2.58. The molecule has 2 heterocycles. The molecule has 1 atom stereocenters. The largest absolute Gasteiger partial charge is 0.351 e. The zero-order valence-electron chi connectivity index (χ0n) is 9.85. The van der Waals surface area contributed by atoms with Crippen LogP contribution in [0.2, 0.25) is 0 Å². The Morgan fingerprint density at radius 1 is 1.44 bits per heavy atom. The number of hydrogen-bond acceptors (Lipinski definition) is 5. The van der Waals surface area contributed by atoms with Gasteiger partial charge in [-0.2, -0.15) is 0 Å². The summed E-state index contributed by atoms with van der Waals surface area (Å²) in [5.74, 6) is 7.07. The normalized spacial score (nSPS) is 22.2. The second kappa shape index (κ2) is 4.67. The van der Waals surface area contributed by atoms with E-state index in [1.54, 1.807) is 0 Å². The second-order valence-electron chi connectivity index (χ2n) is 4.33. The Balaban J connectivity index is 2.16. The number of aromatic nitrogens is 1. The van der Waals surface area contributed by atoms with Gasteiger partial charge in [-0.1, -0.05) is 6.07 Å². The minimum Gasteiger partial charge on any atom is -0.351 e. The molecule has 1 saturated heterocycles. The molecule has 1 unspecified atom stereocenters. The van der Waals surface area contributed by atoms with Crippen LogP contribution in [0.15, 0.2) is 18.2 Å². The average Bonchev–Trinajstić information content (AvgIpc) is 2.29. The van der Waals surface area contributed by atoms with Crippen LogP contribution in [0.4, 0.5) is 11.6 Å². The van der Waals surface area contributed by atoms with Crippen LogP contribution in [0.5, 0.6) is 0 Å². The lowest BCUT2D eigenvalue weighted by Gasteiger charge is -2.39.